The fraction of sp³-hybridized carbons (Fsp3) is 0.318. The molecule has 1 heterocycles. The highest BCUT2D eigenvalue weighted by Gasteiger charge is 2.28. The minimum Gasteiger partial charge on any atom is -0.497 e. The van der Waals surface area contributed by atoms with Crippen LogP contribution in [0.15, 0.2) is 47.6 Å². The molecule has 0 saturated carbocycles. The maximum Gasteiger partial charge on any atom is 0.255 e. The summed E-state index contributed by atoms with van der Waals surface area (Å²) in [7, 11) is 3.14. The summed E-state index contributed by atoms with van der Waals surface area (Å²) < 4.78 is 10.5. The monoisotopic (exact) mass is 429 g/mol. The van der Waals surface area contributed by atoms with Gasteiger partial charge in [0.05, 0.1) is 31.0 Å². The van der Waals surface area contributed by atoms with Crippen LogP contribution in [0.4, 0.5) is 0 Å². The van der Waals surface area contributed by atoms with E-state index >= 15 is 0 Å². The van der Waals surface area contributed by atoms with E-state index in [9.17, 15) is 9.59 Å². The zero-order valence-electron chi connectivity index (χ0n) is 16.9. The molecule has 0 bridgehead atoms. The molecule has 0 aromatic heterocycles. The summed E-state index contributed by atoms with van der Waals surface area (Å²) in [6.45, 7) is 0.996. The van der Waals surface area contributed by atoms with Crippen molar-refractivity contribution >= 4 is 29.6 Å². The van der Waals surface area contributed by atoms with Crippen LogP contribution in [-0.4, -0.2) is 50.2 Å². The number of likely N-dealkylation sites (tertiary alicyclic amines) is 1. The van der Waals surface area contributed by atoms with Crippen LogP contribution in [0.25, 0.3) is 0 Å². The van der Waals surface area contributed by atoms with Crippen molar-refractivity contribution in [1.82, 2.24) is 10.3 Å². The summed E-state index contributed by atoms with van der Waals surface area (Å²) in [5.41, 5.74) is 3.79. The summed E-state index contributed by atoms with van der Waals surface area (Å²) in [6, 6.07) is 12.3. The Kier molecular flexibility index (Phi) is 7.30. The van der Waals surface area contributed by atoms with E-state index in [2.05, 4.69) is 10.5 Å². The number of piperidine rings is 1. The average molecular weight is 430 g/mol. The molecule has 158 valence electrons. The van der Waals surface area contributed by atoms with Gasteiger partial charge in [-0.2, -0.15) is 5.10 Å². The van der Waals surface area contributed by atoms with Gasteiger partial charge >= 0.3 is 0 Å². The smallest absolute Gasteiger partial charge is 0.255 e. The average Bonchev–Trinajstić information content (AvgIpc) is 2.79. The molecule has 1 aliphatic heterocycles. The zero-order chi connectivity index (χ0) is 21.5. The Morgan fingerprint density at radius 1 is 1.13 bits per heavy atom. The van der Waals surface area contributed by atoms with E-state index in [4.69, 9.17) is 21.1 Å². The van der Waals surface area contributed by atoms with Gasteiger partial charge in [-0.3, -0.25) is 9.59 Å². The third-order valence-electron chi connectivity index (χ3n) is 5.08. The molecule has 1 N–H and O–H groups in total. The zero-order valence-corrected chi connectivity index (χ0v) is 17.7. The van der Waals surface area contributed by atoms with E-state index < -0.39 is 0 Å². The van der Waals surface area contributed by atoms with Crippen LogP contribution in [0.5, 0.6) is 11.5 Å². The van der Waals surface area contributed by atoms with Crippen LogP contribution in [0.1, 0.15) is 28.8 Å². The number of benzene rings is 2. The van der Waals surface area contributed by atoms with Crippen LogP contribution in [0, 0.1) is 5.92 Å². The molecule has 2 aromatic carbocycles. The van der Waals surface area contributed by atoms with Crippen molar-refractivity contribution in [3.63, 3.8) is 0 Å². The fourth-order valence-corrected chi connectivity index (χ4v) is 3.55. The highest BCUT2D eigenvalue weighted by molar-refractivity contribution is 6.33. The number of methoxy groups -OCH3 is 2. The number of ether oxygens (including phenoxy) is 2. The second kappa shape index (κ2) is 10.1. The van der Waals surface area contributed by atoms with Crippen molar-refractivity contribution < 1.29 is 19.1 Å². The van der Waals surface area contributed by atoms with Crippen molar-refractivity contribution in [3.8, 4) is 11.5 Å². The topological polar surface area (TPSA) is 80.2 Å². The highest BCUT2D eigenvalue weighted by Crippen LogP contribution is 2.24. The lowest BCUT2D eigenvalue weighted by Crippen LogP contribution is -2.42. The first kappa shape index (κ1) is 21.6. The largest absolute Gasteiger partial charge is 0.497 e. The number of hydrogen-bond acceptors (Lipinski definition) is 5. The predicted octanol–water partition coefficient (Wildman–Crippen LogP) is 3.36. The SMILES string of the molecule is COc1ccc(/C=N\NC(=O)C2CCN(C(=O)c3ccccc3Cl)CC2)c(OC)c1. The second-order valence-electron chi connectivity index (χ2n) is 6.89. The van der Waals surface area contributed by atoms with Gasteiger partial charge in [-0.1, -0.05) is 23.7 Å². The Labute approximate surface area is 180 Å². The molecule has 1 aliphatic rings. The molecule has 2 aromatic rings. The number of amides is 2. The molecule has 8 heteroatoms. The maximum absolute atomic E-state index is 12.6. The molecular weight excluding hydrogens is 406 g/mol. The van der Waals surface area contributed by atoms with Crippen LogP contribution >= 0.6 is 11.6 Å². The molecular formula is C22H24ClN3O4. The number of nitrogens with zero attached hydrogens (tertiary/aromatic N) is 2. The molecule has 7 nitrogen and oxygen atoms in total. The summed E-state index contributed by atoms with van der Waals surface area (Å²) >= 11 is 6.12. The number of nitrogens with one attached hydrogen (secondary N) is 1. The summed E-state index contributed by atoms with van der Waals surface area (Å²) in [5, 5.41) is 4.49. The van der Waals surface area contributed by atoms with Crippen LogP contribution in [-0.2, 0) is 4.79 Å². The van der Waals surface area contributed by atoms with E-state index in [0.717, 1.165) is 5.56 Å². The van der Waals surface area contributed by atoms with Gasteiger partial charge in [0.1, 0.15) is 11.5 Å². The van der Waals surface area contributed by atoms with Crippen LogP contribution in [0.2, 0.25) is 5.02 Å². The molecule has 30 heavy (non-hydrogen) atoms. The van der Waals surface area contributed by atoms with Gasteiger partial charge in [-0.15, -0.1) is 0 Å². The second-order valence-corrected chi connectivity index (χ2v) is 7.30. The Hall–Kier alpha value is -3.06. The molecule has 0 aliphatic carbocycles. The van der Waals surface area contributed by atoms with E-state index in [1.165, 1.54) is 6.21 Å². The van der Waals surface area contributed by atoms with Gasteiger partial charge in [0.25, 0.3) is 5.91 Å². The van der Waals surface area contributed by atoms with E-state index in [1.807, 2.05) is 0 Å². The number of hydrazone groups is 1. The number of hydrogen-bond donors (Lipinski definition) is 1. The number of carbonyl (C=O) groups excluding carboxylic acids is 2. The van der Waals surface area contributed by atoms with E-state index in [-0.39, 0.29) is 17.7 Å². The van der Waals surface area contributed by atoms with Crippen molar-refractivity contribution in [3.05, 3.63) is 58.6 Å². The first-order valence-electron chi connectivity index (χ1n) is 9.62. The molecule has 1 saturated heterocycles. The number of carbonyl (C=O) groups is 2. The molecule has 0 spiro atoms. The number of rotatable bonds is 6. The molecule has 0 unspecified atom stereocenters. The van der Waals surface area contributed by atoms with E-state index in [0.29, 0.717) is 48.0 Å². The van der Waals surface area contributed by atoms with Gasteiger partial charge in [-0.25, -0.2) is 5.43 Å². The maximum atomic E-state index is 12.6. The Balaban J connectivity index is 1.53. The predicted molar refractivity (Wildman–Crippen MR) is 115 cm³/mol. The lowest BCUT2D eigenvalue weighted by molar-refractivity contribution is -0.126. The third kappa shape index (κ3) is 5.10. The minimum absolute atomic E-state index is 0.107. The molecule has 0 radical (unpaired) electrons. The first-order valence-corrected chi connectivity index (χ1v) is 10.00. The standard InChI is InChI=1S/C22H24ClN3O4/c1-29-17-8-7-16(20(13-17)30-2)14-24-25-21(27)15-9-11-26(12-10-15)22(28)18-5-3-4-6-19(18)23/h3-8,13-15H,9-12H2,1-2H3,(H,25,27)/b24-14-. The van der Waals surface area contributed by atoms with E-state index in [1.54, 1.807) is 61.6 Å². The number of halogens is 1. The van der Waals surface area contributed by atoms with Gasteiger partial charge in [0, 0.05) is 30.6 Å². The van der Waals surface area contributed by atoms with Crippen molar-refractivity contribution in [2.24, 2.45) is 11.0 Å². The quantitative estimate of drug-likeness (QED) is 0.564. The lowest BCUT2D eigenvalue weighted by Gasteiger charge is -2.31. The van der Waals surface area contributed by atoms with Gasteiger partial charge < -0.3 is 14.4 Å². The Morgan fingerprint density at radius 3 is 2.53 bits per heavy atom. The first-order chi connectivity index (χ1) is 14.5. The highest BCUT2D eigenvalue weighted by atomic mass is 35.5. The van der Waals surface area contributed by atoms with Crippen molar-refractivity contribution in [1.29, 1.82) is 0 Å². The summed E-state index contributed by atoms with van der Waals surface area (Å²) in [4.78, 5) is 26.8. The van der Waals surface area contributed by atoms with Gasteiger partial charge in [0.2, 0.25) is 5.91 Å². The fourth-order valence-electron chi connectivity index (χ4n) is 3.33. The van der Waals surface area contributed by atoms with Crippen LogP contribution < -0.4 is 14.9 Å². The third-order valence-corrected chi connectivity index (χ3v) is 5.41. The van der Waals surface area contributed by atoms with Crippen molar-refractivity contribution in [2.75, 3.05) is 27.3 Å². The van der Waals surface area contributed by atoms with Crippen LogP contribution in [0.3, 0.4) is 0 Å². The summed E-state index contributed by atoms with van der Waals surface area (Å²) in [6.07, 6.45) is 2.68. The minimum atomic E-state index is -0.199. The normalized spacial score (nSPS) is 14.6. The molecule has 0 atom stereocenters. The molecule has 2 amide bonds. The Morgan fingerprint density at radius 2 is 1.87 bits per heavy atom. The van der Waals surface area contributed by atoms with Gasteiger partial charge in [0.15, 0.2) is 0 Å². The summed E-state index contributed by atoms with van der Waals surface area (Å²) in [5.74, 6) is 0.799. The van der Waals surface area contributed by atoms with Gasteiger partial charge in [-0.05, 0) is 37.1 Å². The molecule has 1 fully saturated rings. The Bertz CT molecular complexity index is 940. The van der Waals surface area contributed by atoms with Crippen molar-refractivity contribution in [2.45, 2.75) is 12.8 Å². The lowest BCUT2D eigenvalue weighted by atomic mass is 9.95. The molecule has 3 rings (SSSR count).